The van der Waals surface area contributed by atoms with Crippen molar-refractivity contribution in [2.75, 3.05) is 5.73 Å². The van der Waals surface area contributed by atoms with Gasteiger partial charge < -0.3 is 15.6 Å². The maximum absolute atomic E-state index is 12.1. The van der Waals surface area contributed by atoms with Crippen LogP contribution in [0.5, 0.6) is 11.5 Å². The van der Waals surface area contributed by atoms with Crippen molar-refractivity contribution in [2.24, 2.45) is 0 Å². The van der Waals surface area contributed by atoms with Crippen molar-refractivity contribution in [3.8, 4) is 21.9 Å². The molecule has 2 aromatic carbocycles. The minimum absolute atomic E-state index is 0. The Morgan fingerprint density at radius 1 is 1.08 bits per heavy atom. The molecule has 0 radical (unpaired) electrons. The molecule has 0 unspecified atom stereocenters. The first kappa shape index (κ1) is 18.4. The Morgan fingerprint density at radius 3 is 2.42 bits per heavy atom. The molecule has 3 rings (SSSR count). The van der Waals surface area contributed by atoms with Crippen LogP contribution in [-0.4, -0.2) is 11.1 Å². The summed E-state index contributed by atoms with van der Waals surface area (Å²) in [6.45, 7) is 0. The molecule has 0 saturated heterocycles. The molecule has 0 atom stereocenters. The lowest BCUT2D eigenvalue weighted by Gasteiger charge is -2.07. The van der Waals surface area contributed by atoms with Gasteiger partial charge in [0.2, 0.25) is 0 Å². The van der Waals surface area contributed by atoms with E-state index in [1.807, 2.05) is 18.2 Å². The van der Waals surface area contributed by atoms with Crippen molar-refractivity contribution < 1.29 is 14.6 Å². The van der Waals surface area contributed by atoms with Crippen molar-refractivity contribution in [2.45, 2.75) is 0 Å². The van der Waals surface area contributed by atoms with E-state index in [1.165, 1.54) is 18.2 Å². The molecule has 3 N–H and O–H groups in total. The largest absolute Gasteiger partial charge is 0.507 e. The summed E-state index contributed by atoms with van der Waals surface area (Å²) < 4.78 is 6.11. The van der Waals surface area contributed by atoms with Crippen molar-refractivity contribution in [3.63, 3.8) is 0 Å². The van der Waals surface area contributed by atoms with Gasteiger partial charge in [-0.2, -0.15) is 0 Å². The quantitative estimate of drug-likeness (QED) is 0.160. The van der Waals surface area contributed by atoms with Gasteiger partial charge in [-0.15, -0.1) is 12.4 Å². The maximum atomic E-state index is 12.1. The zero-order valence-electron chi connectivity index (χ0n) is 12.1. The molecule has 8 heteroatoms. The second kappa shape index (κ2) is 7.76. The molecule has 0 aliphatic carbocycles. The predicted octanol–water partition coefficient (Wildman–Crippen LogP) is 5.13. The smallest absolute Gasteiger partial charge is 0.347 e. The van der Waals surface area contributed by atoms with Crippen molar-refractivity contribution in [1.29, 1.82) is 0 Å². The fourth-order valence-corrected chi connectivity index (χ4v) is 4.34. The van der Waals surface area contributed by atoms with Crippen LogP contribution in [0.4, 0.5) is 5.69 Å². The summed E-state index contributed by atoms with van der Waals surface area (Å²) in [6.07, 6.45) is 0. The summed E-state index contributed by atoms with van der Waals surface area (Å²) >= 11 is 5.12. The number of benzene rings is 2. The summed E-state index contributed by atoms with van der Waals surface area (Å²) in [5.74, 6) is -0.438. The van der Waals surface area contributed by atoms with Crippen molar-refractivity contribution in [3.05, 3.63) is 57.9 Å². The molecule has 1 heterocycles. The number of phenolic OH excluding ortho intramolecular Hbond substituents is 1. The Morgan fingerprint density at radius 2 is 1.79 bits per heavy atom. The number of esters is 1. The van der Waals surface area contributed by atoms with E-state index in [4.69, 9.17) is 22.7 Å². The highest BCUT2D eigenvalue weighted by atomic mass is 35.5. The van der Waals surface area contributed by atoms with Gasteiger partial charge in [0.1, 0.15) is 20.9 Å². The summed E-state index contributed by atoms with van der Waals surface area (Å²) in [4.78, 5) is 13.2. The number of rotatable bonds is 3. The maximum Gasteiger partial charge on any atom is 0.347 e. The highest BCUT2D eigenvalue weighted by molar-refractivity contribution is 7.80. The molecule has 0 saturated carbocycles. The van der Waals surface area contributed by atoms with Crippen LogP contribution in [0.25, 0.3) is 10.4 Å². The number of nitrogen functional groups attached to an aromatic ring is 1. The molecule has 3 aromatic rings. The number of carbonyl (C=O) groups excluding carboxylic acids is 1. The lowest BCUT2D eigenvalue weighted by atomic mass is 10.1. The van der Waals surface area contributed by atoms with Gasteiger partial charge in [-0.05, 0) is 54.1 Å². The van der Waals surface area contributed by atoms with Crippen LogP contribution >= 0.6 is 45.3 Å². The Balaban J connectivity index is 0.00000208. The van der Waals surface area contributed by atoms with E-state index < -0.39 is 5.97 Å². The van der Waals surface area contributed by atoms with Gasteiger partial charge in [-0.3, -0.25) is 0 Å². The Hall–Kier alpha value is -1.93. The van der Waals surface area contributed by atoms with E-state index in [-0.39, 0.29) is 23.7 Å². The molecule has 0 spiro atoms. The van der Waals surface area contributed by atoms with Crippen LogP contribution in [0.3, 0.4) is 0 Å². The minimum Gasteiger partial charge on any atom is -0.507 e. The Bertz CT molecular complexity index is 919. The summed E-state index contributed by atoms with van der Waals surface area (Å²) in [5.41, 5.74) is 7.04. The molecule has 4 nitrogen and oxygen atoms in total. The fourth-order valence-electron chi connectivity index (χ4n) is 1.94. The molecular formula is C16H12ClNO3S3. The molecule has 124 valence electrons. The van der Waals surface area contributed by atoms with E-state index >= 15 is 0 Å². The van der Waals surface area contributed by atoms with Gasteiger partial charge in [-0.25, -0.2) is 4.79 Å². The van der Waals surface area contributed by atoms with E-state index in [1.54, 1.807) is 32.8 Å². The van der Waals surface area contributed by atoms with Crippen LogP contribution < -0.4 is 10.5 Å². The molecule has 0 aliphatic heterocycles. The zero-order chi connectivity index (χ0) is 16.4. The van der Waals surface area contributed by atoms with Crippen LogP contribution in [0, 0.1) is 3.82 Å². The highest BCUT2D eigenvalue weighted by Crippen LogP contribution is 2.30. The van der Waals surface area contributed by atoms with E-state index in [0.717, 1.165) is 14.3 Å². The van der Waals surface area contributed by atoms with Crippen LogP contribution in [-0.2, 0) is 0 Å². The number of ether oxygens (including phenoxy) is 1. The van der Waals surface area contributed by atoms with E-state index in [0.29, 0.717) is 11.4 Å². The number of halogens is 1. The number of anilines is 1. The van der Waals surface area contributed by atoms with Gasteiger partial charge in [0.25, 0.3) is 0 Å². The van der Waals surface area contributed by atoms with Gasteiger partial charge in [0, 0.05) is 10.6 Å². The van der Waals surface area contributed by atoms with Crippen LogP contribution in [0.1, 0.15) is 10.4 Å². The van der Waals surface area contributed by atoms with Crippen molar-refractivity contribution in [1.82, 2.24) is 0 Å². The molecule has 24 heavy (non-hydrogen) atoms. The molecule has 0 fully saturated rings. The molecule has 0 amide bonds. The van der Waals surface area contributed by atoms with Gasteiger partial charge in [0.05, 0.1) is 0 Å². The predicted molar refractivity (Wildman–Crippen MR) is 103 cm³/mol. The normalized spacial score (nSPS) is 10.0. The summed E-state index contributed by atoms with van der Waals surface area (Å²) in [7, 11) is 3.15. The first-order chi connectivity index (χ1) is 11.0. The molecule has 0 bridgehead atoms. The number of aromatic hydroxyl groups is 1. The Labute approximate surface area is 157 Å². The third-order valence-corrected chi connectivity index (χ3v) is 5.96. The number of hydrogen-bond donors (Lipinski definition) is 2. The van der Waals surface area contributed by atoms with Crippen LogP contribution in [0.2, 0.25) is 0 Å². The lowest BCUT2D eigenvalue weighted by Crippen LogP contribution is -2.09. The standard InChI is InChI=1S/C16H11NO3S3.ClH/c17-10-3-6-13(18)12(7-10)16(19)20-11-4-1-9(2-5-11)14-8-15(21)23-22-14;/h1-8,18H,17H2;1H. The number of hydrogen-bond acceptors (Lipinski definition) is 7. The van der Waals surface area contributed by atoms with E-state index in [9.17, 15) is 9.90 Å². The van der Waals surface area contributed by atoms with Gasteiger partial charge >= 0.3 is 5.97 Å². The first-order valence-electron chi connectivity index (χ1n) is 6.54. The minimum atomic E-state index is -0.659. The lowest BCUT2D eigenvalue weighted by molar-refractivity contribution is 0.0732. The SMILES string of the molecule is Cl.Nc1ccc(O)c(C(=O)Oc2ccc(-c3cc(=S)ss3)cc2)c1. The zero-order valence-corrected chi connectivity index (χ0v) is 15.4. The second-order valence-corrected chi connectivity index (χ2v) is 7.60. The number of phenols is 1. The monoisotopic (exact) mass is 397 g/mol. The second-order valence-electron chi connectivity index (χ2n) is 4.68. The van der Waals surface area contributed by atoms with Crippen LogP contribution in [0.15, 0.2) is 48.5 Å². The third-order valence-electron chi connectivity index (χ3n) is 3.05. The average molecular weight is 398 g/mol. The average Bonchev–Trinajstić information content (AvgIpc) is 2.97. The number of nitrogens with two attached hydrogens (primary N) is 1. The summed E-state index contributed by atoms with van der Waals surface area (Å²) in [5, 5.41) is 9.71. The van der Waals surface area contributed by atoms with Gasteiger partial charge in [0.15, 0.2) is 0 Å². The topological polar surface area (TPSA) is 72.5 Å². The van der Waals surface area contributed by atoms with Crippen molar-refractivity contribution >= 4 is 57.0 Å². The fraction of sp³-hybridized carbons (Fsp3) is 0. The first-order valence-corrected chi connectivity index (χ1v) is 9.10. The third kappa shape index (κ3) is 4.12. The molecular weight excluding hydrogens is 386 g/mol. The molecule has 0 aliphatic rings. The Kier molecular flexibility index (Phi) is 5.95. The number of carbonyl (C=O) groups is 1. The molecule has 1 aromatic heterocycles. The highest BCUT2D eigenvalue weighted by Gasteiger charge is 2.14. The van der Waals surface area contributed by atoms with Gasteiger partial charge in [-0.1, -0.05) is 32.9 Å². The van der Waals surface area contributed by atoms with E-state index in [2.05, 4.69) is 0 Å². The summed E-state index contributed by atoms with van der Waals surface area (Å²) in [6, 6.07) is 13.3.